The number of hydrogen-bond donors (Lipinski definition) is 3. The van der Waals surface area contributed by atoms with Gasteiger partial charge in [-0.25, -0.2) is 4.79 Å². The maximum absolute atomic E-state index is 12.5. The van der Waals surface area contributed by atoms with Crippen molar-refractivity contribution >= 4 is 23.6 Å². The summed E-state index contributed by atoms with van der Waals surface area (Å²) < 4.78 is 0. The number of urea groups is 1. The van der Waals surface area contributed by atoms with E-state index in [9.17, 15) is 19.5 Å². The fraction of sp³-hybridized carbons (Fsp3) is 0.550. The third-order valence-corrected chi connectivity index (χ3v) is 5.74. The SMILES string of the molecule is CCCC(=O)Nc1ccc(CNC(=O)N2C[C@@H]3CCC[C@@]3(C(=O)O)C2)cc1. The lowest BCUT2D eigenvalue weighted by atomic mass is 9.81. The molecule has 146 valence electrons. The van der Waals surface area contributed by atoms with Crippen LogP contribution < -0.4 is 10.6 Å². The van der Waals surface area contributed by atoms with Crippen LogP contribution in [-0.4, -0.2) is 41.0 Å². The first-order valence-corrected chi connectivity index (χ1v) is 9.59. The van der Waals surface area contributed by atoms with Crippen LogP contribution >= 0.6 is 0 Å². The Kier molecular flexibility index (Phi) is 5.68. The molecule has 0 aromatic heterocycles. The molecule has 0 bridgehead atoms. The molecule has 1 aliphatic heterocycles. The van der Waals surface area contributed by atoms with Crippen molar-refractivity contribution in [3.05, 3.63) is 29.8 Å². The zero-order chi connectivity index (χ0) is 19.4. The molecular formula is C20H27N3O4. The van der Waals surface area contributed by atoms with E-state index in [1.807, 2.05) is 31.2 Å². The summed E-state index contributed by atoms with van der Waals surface area (Å²) in [6.07, 6.45) is 3.75. The van der Waals surface area contributed by atoms with Crippen molar-refractivity contribution in [1.82, 2.24) is 10.2 Å². The summed E-state index contributed by atoms with van der Waals surface area (Å²) >= 11 is 0. The molecule has 1 aromatic rings. The van der Waals surface area contributed by atoms with Gasteiger partial charge in [-0.1, -0.05) is 25.5 Å². The van der Waals surface area contributed by atoms with E-state index in [-0.39, 0.29) is 17.9 Å². The van der Waals surface area contributed by atoms with Crippen molar-refractivity contribution < 1.29 is 19.5 Å². The van der Waals surface area contributed by atoms with Crippen LogP contribution in [0.3, 0.4) is 0 Å². The van der Waals surface area contributed by atoms with Gasteiger partial charge in [-0.05, 0) is 42.9 Å². The number of rotatable bonds is 6. The number of amides is 3. The zero-order valence-corrected chi connectivity index (χ0v) is 15.7. The number of nitrogens with zero attached hydrogens (tertiary/aromatic N) is 1. The van der Waals surface area contributed by atoms with E-state index in [0.717, 1.165) is 30.5 Å². The minimum absolute atomic E-state index is 0.00880. The van der Waals surface area contributed by atoms with Crippen molar-refractivity contribution in [1.29, 1.82) is 0 Å². The minimum Gasteiger partial charge on any atom is -0.481 e. The molecule has 3 rings (SSSR count). The van der Waals surface area contributed by atoms with Crippen LogP contribution in [0.25, 0.3) is 0 Å². The number of carboxylic acids is 1. The Morgan fingerprint density at radius 1 is 1.26 bits per heavy atom. The van der Waals surface area contributed by atoms with Gasteiger partial charge in [-0.3, -0.25) is 9.59 Å². The largest absolute Gasteiger partial charge is 0.481 e. The van der Waals surface area contributed by atoms with Gasteiger partial charge in [0.15, 0.2) is 0 Å². The number of nitrogens with one attached hydrogen (secondary N) is 2. The molecule has 3 amide bonds. The molecule has 0 spiro atoms. The topological polar surface area (TPSA) is 98.7 Å². The summed E-state index contributed by atoms with van der Waals surface area (Å²) in [5, 5.41) is 15.3. The summed E-state index contributed by atoms with van der Waals surface area (Å²) in [6, 6.07) is 7.13. The Balaban J connectivity index is 1.51. The average Bonchev–Trinajstić information content (AvgIpc) is 3.19. The van der Waals surface area contributed by atoms with E-state index in [2.05, 4.69) is 10.6 Å². The molecule has 0 unspecified atom stereocenters. The van der Waals surface area contributed by atoms with Gasteiger partial charge in [0.2, 0.25) is 5.91 Å². The number of hydrogen-bond acceptors (Lipinski definition) is 3. The van der Waals surface area contributed by atoms with Gasteiger partial charge >= 0.3 is 12.0 Å². The van der Waals surface area contributed by atoms with Crippen LogP contribution in [0.4, 0.5) is 10.5 Å². The molecule has 1 saturated carbocycles. The molecule has 2 atom stereocenters. The third kappa shape index (κ3) is 4.07. The van der Waals surface area contributed by atoms with E-state index >= 15 is 0 Å². The summed E-state index contributed by atoms with van der Waals surface area (Å²) in [4.78, 5) is 37.4. The lowest BCUT2D eigenvalue weighted by molar-refractivity contribution is -0.149. The van der Waals surface area contributed by atoms with Gasteiger partial charge in [0.05, 0.1) is 5.41 Å². The predicted molar refractivity (Wildman–Crippen MR) is 101 cm³/mol. The van der Waals surface area contributed by atoms with E-state index in [1.54, 1.807) is 4.90 Å². The molecule has 1 saturated heterocycles. The Morgan fingerprint density at radius 2 is 2.00 bits per heavy atom. The highest BCUT2D eigenvalue weighted by Crippen LogP contribution is 2.48. The van der Waals surface area contributed by atoms with E-state index in [0.29, 0.717) is 32.5 Å². The first-order chi connectivity index (χ1) is 12.9. The van der Waals surface area contributed by atoms with Crippen molar-refractivity contribution in [3.8, 4) is 0 Å². The number of aliphatic carboxylic acids is 1. The van der Waals surface area contributed by atoms with Gasteiger partial charge < -0.3 is 20.6 Å². The van der Waals surface area contributed by atoms with Gasteiger partial charge in [0.1, 0.15) is 0 Å². The fourth-order valence-corrected chi connectivity index (χ4v) is 4.24. The number of carboxylic acid groups (broad SMARTS) is 1. The number of anilines is 1. The van der Waals surface area contributed by atoms with Crippen molar-refractivity contribution in [2.24, 2.45) is 11.3 Å². The maximum Gasteiger partial charge on any atom is 0.317 e. The number of benzene rings is 1. The lowest BCUT2D eigenvalue weighted by Gasteiger charge is -2.23. The van der Waals surface area contributed by atoms with E-state index < -0.39 is 11.4 Å². The Morgan fingerprint density at radius 3 is 2.63 bits per heavy atom. The van der Waals surface area contributed by atoms with Crippen molar-refractivity contribution in [2.75, 3.05) is 18.4 Å². The highest BCUT2D eigenvalue weighted by atomic mass is 16.4. The molecule has 2 fully saturated rings. The molecule has 3 N–H and O–H groups in total. The molecule has 1 heterocycles. The molecule has 7 heteroatoms. The van der Waals surface area contributed by atoms with Crippen LogP contribution in [0.1, 0.15) is 44.6 Å². The molecule has 1 aliphatic carbocycles. The van der Waals surface area contributed by atoms with Crippen molar-refractivity contribution in [3.63, 3.8) is 0 Å². The van der Waals surface area contributed by atoms with Crippen LogP contribution in [0.15, 0.2) is 24.3 Å². The standard InChI is InChI=1S/C20H27N3O4/c1-2-4-17(24)22-16-8-6-14(7-9-16)11-21-19(27)23-12-15-5-3-10-20(15,13-23)18(25)26/h6-9,15H,2-5,10-13H2,1H3,(H,21,27)(H,22,24)(H,25,26)/t15-,20+/m0/s1. The molecule has 27 heavy (non-hydrogen) atoms. The fourth-order valence-electron chi connectivity index (χ4n) is 4.24. The van der Waals surface area contributed by atoms with E-state index in [1.165, 1.54) is 0 Å². The Labute approximate surface area is 159 Å². The normalized spacial score (nSPS) is 23.7. The summed E-state index contributed by atoms with van der Waals surface area (Å²) in [6.45, 7) is 3.13. The average molecular weight is 373 g/mol. The molecule has 7 nitrogen and oxygen atoms in total. The second kappa shape index (κ2) is 7.98. The van der Waals surface area contributed by atoms with Gasteiger partial charge in [-0.2, -0.15) is 0 Å². The third-order valence-electron chi connectivity index (χ3n) is 5.74. The first-order valence-electron chi connectivity index (χ1n) is 9.59. The van der Waals surface area contributed by atoms with E-state index in [4.69, 9.17) is 0 Å². The summed E-state index contributed by atoms with van der Waals surface area (Å²) in [5.41, 5.74) is 0.902. The number of fused-ring (bicyclic) bond motifs is 1. The van der Waals surface area contributed by atoms with Crippen LogP contribution in [0.5, 0.6) is 0 Å². The Bertz CT molecular complexity index is 718. The number of likely N-dealkylation sites (tertiary alicyclic amines) is 1. The Hall–Kier alpha value is -2.57. The second-order valence-electron chi connectivity index (χ2n) is 7.58. The highest BCUT2D eigenvalue weighted by molar-refractivity contribution is 5.90. The highest BCUT2D eigenvalue weighted by Gasteiger charge is 2.55. The summed E-state index contributed by atoms with van der Waals surface area (Å²) in [5.74, 6) is -0.724. The predicted octanol–water partition coefficient (Wildman–Crippen LogP) is 2.82. The van der Waals surface area contributed by atoms with Crippen LogP contribution in [0.2, 0.25) is 0 Å². The van der Waals surface area contributed by atoms with Gasteiger partial charge in [-0.15, -0.1) is 0 Å². The lowest BCUT2D eigenvalue weighted by Crippen LogP contribution is -2.41. The van der Waals surface area contributed by atoms with Gasteiger partial charge in [0.25, 0.3) is 0 Å². The molecule has 2 aliphatic rings. The summed E-state index contributed by atoms with van der Waals surface area (Å²) in [7, 11) is 0. The number of carbonyl (C=O) groups excluding carboxylic acids is 2. The maximum atomic E-state index is 12.5. The second-order valence-corrected chi connectivity index (χ2v) is 7.58. The molecule has 0 radical (unpaired) electrons. The van der Waals surface area contributed by atoms with Crippen LogP contribution in [0, 0.1) is 11.3 Å². The monoisotopic (exact) mass is 373 g/mol. The first kappa shape index (κ1) is 19.2. The smallest absolute Gasteiger partial charge is 0.317 e. The van der Waals surface area contributed by atoms with Crippen LogP contribution in [-0.2, 0) is 16.1 Å². The quantitative estimate of drug-likeness (QED) is 0.714. The molecular weight excluding hydrogens is 346 g/mol. The zero-order valence-electron chi connectivity index (χ0n) is 15.7. The van der Waals surface area contributed by atoms with Crippen molar-refractivity contribution in [2.45, 2.75) is 45.6 Å². The minimum atomic E-state index is -0.777. The number of carbonyl (C=O) groups is 3. The van der Waals surface area contributed by atoms with Gasteiger partial charge in [0, 0.05) is 31.7 Å². The molecule has 1 aromatic carbocycles.